The second-order valence-corrected chi connectivity index (χ2v) is 3.69. The summed E-state index contributed by atoms with van der Waals surface area (Å²) in [5.41, 5.74) is 2.35. The summed E-state index contributed by atoms with van der Waals surface area (Å²) in [4.78, 5) is 2.46. The minimum absolute atomic E-state index is 0.254. The largest absolute Gasteiger partial charge is 0.317 e. The normalized spacial score (nSPS) is 24.2. The molecule has 1 unspecified atom stereocenters. The van der Waals surface area contributed by atoms with Crippen LogP contribution in [0.5, 0.6) is 0 Å². The SMILES string of the molecule is CCN1CCC(C(C)NO)CC1. The number of nitrogens with zero attached hydrogens (tertiary/aromatic N) is 1. The molecule has 0 aromatic heterocycles. The summed E-state index contributed by atoms with van der Waals surface area (Å²) >= 11 is 0. The molecule has 1 aliphatic heterocycles. The molecule has 0 aromatic carbocycles. The summed E-state index contributed by atoms with van der Waals surface area (Å²) in [5.74, 6) is 0.651. The molecule has 0 spiro atoms. The Kier molecular flexibility index (Phi) is 3.98. The van der Waals surface area contributed by atoms with E-state index in [2.05, 4.69) is 17.3 Å². The number of rotatable bonds is 3. The lowest BCUT2D eigenvalue weighted by Gasteiger charge is -2.33. The van der Waals surface area contributed by atoms with E-state index in [-0.39, 0.29) is 6.04 Å². The van der Waals surface area contributed by atoms with Crippen molar-refractivity contribution in [3.05, 3.63) is 0 Å². The molecule has 12 heavy (non-hydrogen) atoms. The lowest BCUT2D eigenvalue weighted by atomic mass is 9.91. The Labute approximate surface area is 74.7 Å². The molecule has 1 atom stereocenters. The van der Waals surface area contributed by atoms with E-state index >= 15 is 0 Å². The van der Waals surface area contributed by atoms with E-state index in [1.807, 2.05) is 6.92 Å². The van der Waals surface area contributed by atoms with Gasteiger partial charge >= 0.3 is 0 Å². The Balaban J connectivity index is 2.25. The molecular weight excluding hydrogens is 152 g/mol. The smallest absolute Gasteiger partial charge is 0.0320 e. The van der Waals surface area contributed by atoms with Crippen LogP contribution in [0, 0.1) is 5.92 Å². The number of likely N-dealkylation sites (tertiary alicyclic amines) is 1. The maximum atomic E-state index is 8.75. The highest BCUT2D eigenvalue weighted by atomic mass is 16.5. The second kappa shape index (κ2) is 4.80. The molecule has 0 aromatic rings. The van der Waals surface area contributed by atoms with Crippen LogP contribution in [0.1, 0.15) is 26.7 Å². The lowest BCUT2D eigenvalue weighted by Crippen LogP contribution is -2.40. The van der Waals surface area contributed by atoms with Gasteiger partial charge in [-0.3, -0.25) is 0 Å². The van der Waals surface area contributed by atoms with E-state index in [1.165, 1.54) is 25.9 Å². The van der Waals surface area contributed by atoms with Crippen molar-refractivity contribution in [1.29, 1.82) is 0 Å². The van der Waals surface area contributed by atoms with E-state index in [0.29, 0.717) is 5.92 Å². The van der Waals surface area contributed by atoms with Crippen molar-refractivity contribution in [1.82, 2.24) is 10.4 Å². The average molecular weight is 172 g/mol. The number of piperidine rings is 1. The molecule has 3 heteroatoms. The second-order valence-electron chi connectivity index (χ2n) is 3.69. The summed E-state index contributed by atoms with van der Waals surface area (Å²) in [7, 11) is 0. The van der Waals surface area contributed by atoms with Crippen LogP contribution in [-0.2, 0) is 0 Å². The molecule has 0 bridgehead atoms. The molecule has 1 saturated heterocycles. The maximum Gasteiger partial charge on any atom is 0.0320 e. The van der Waals surface area contributed by atoms with E-state index < -0.39 is 0 Å². The minimum Gasteiger partial charge on any atom is -0.317 e. The van der Waals surface area contributed by atoms with Gasteiger partial charge in [0.05, 0.1) is 0 Å². The predicted octanol–water partition coefficient (Wildman–Crippen LogP) is 1.09. The van der Waals surface area contributed by atoms with Crippen LogP contribution < -0.4 is 5.48 Å². The van der Waals surface area contributed by atoms with Gasteiger partial charge in [0.15, 0.2) is 0 Å². The van der Waals surface area contributed by atoms with Gasteiger partial charge < -0.3 is 10.1 Å². The first-order valence-electron chi connectivity index (χ1n) is 4.90. The van der Waals surface area contributed by atoms with Gasteiger partial charge in [-0.15, -0.1) is 0 Å². The highest BCUT2D eigenvalue weighted by Crippen LogP contribution is 2.19. The van der Waals surface area contributed by atoms with Gasteiger partial charge in [0.25, 0.3) is 0 Å². The van der Waals surface area contributed by atoms with E-state index in [9.17, 15) is 0 Å². The lowest BCUT2D eigenvalue weighted by molar-refractivity contribution is 0.0770. The molecule has 72 valence electrons. The van der Waals surface area contributed by atoms with Crippen molar-refractivity contribution in [2.45, 2.75) is 32.7 Å². The van der Waals surface area contributed by atoms with Crippen LogP contribution in [0.2, 0.25) is 0 Å². The highest BCUT2D eigenvalue weighted by Gasteiger charge is 2.22. The third-order valence-electron chi connectivity index (χ3n) is 2.99. The van der Waals surface area contributed by atoms with Gasteiger partial charge in [-0.1, -0.05) is 6.92 Å². The molecule has 0 radical (unpaired) electrons. The fourth-order valence-corrected chi connectivity index (χ4v) is 1.87. The van der Waals surface area contributed by atoms with Crippen LogP contribution >= 0.6 is 0 Å². The Morgan fingerprint density at radius 2 is 2.08 bits per heavy atom. The zero-order valence-electron chi connectivity index (χ0n) is 8.08. The molecular formula is C9H20N2O. The van der Waals surface area contributed by atoms with Gasteiger partial charge in [0.2, 0.25) is 0 Å². The van der Waals surface area contributed by atoms with Gasteiger partial charge in [0.1, 0.15) is 0 Å². The van der Waals surface area contributed by atoms with E-state index in [4.69, 9.17) is 5.21 Å². The van der Waals surface area contributed by atoms with Crippen molar-refractivity contribution < 1.29 is 5.21 Å². The molecule has 1 heterocycles. The summed E-state index contributed by atoms with van der Waals surface area (Å²) in [6.07, 6.45) is 2.42. The molecule has 1 rings (SSSR count). The van der Waals surface area contributed by atoms with Gasteiger partial charge in [-0.2, -0.15) is 0 Å². The predicted molar refractivity (Wildman–Crippen MR) is 49.2 cm³/mol. The van der Waals surface area contributed by atoms with Crippen LogP contribution in [0.3, 0.4) is 0 Å². The number of hydroxylamine groups is 1. The van der Waals surface area contributed by atoms with Crippen LogP contribution in [-0.4, -0.2) is 35.8 Å². The molecule has 2 N–H and O–H groups in total. The summed E-state index contributed by atoms with van der Waals surface area (Å²) < 4.78 is 0. The Morgan fingerprint density at radius 3 is 2.50 bits per heavy atom. The van der Waals surface area contributed by atoms with Crippen molar-refractivity contribution in [2.24, 2.45) is 5.92 Å². The topological polar surface area (TPSA) is 35.5 Å². The number of nitrogens with one attached hydrogen (secondary N) is 1. The zero-order chi connectivity index (χ0) is 8.97. The molecule has 3 nitrogen and oxygen atoms in total. The number of hydrogen-bond acceptors (Lipinski definition) is 3. The Morgan fingerprint density at radius 1 is 1.50 bits per heavy atom. The fraction of sp³-hybridized carbons (Fsp3) is 1.00. The van der Waals surface area contributed by atoms with Gasteiger partial charge in [0, 0.05) is 6.04 Å². The molecule has 1 aliphatic rings. The molecule has 1 fully saturated rings. The van der Waals surface area contributed by atoms with Gasteiger partial charge in [-0.05, 0) is 45.3 Å². The maximum absolute atomic E-state index is 8.75. The molecule has 0 aliphatic carbocycles. The third kappa shape index (κ3) is 2.44. The van der Waals surface area contributed by atoms with E-state index in [0.717, 1.165) is 6.54 Å². The van der Waals surface area contributed by atoms with Crippen LogP contribution in [0.15, 0.2) is 0 Å². The minimum atomic E-state index is 0.254. The monoisotopic (exact) mass is 172 g/mol. The van der Waals surface area contributed by atoms with E-state index in [1.54, 1.807) is 0 Å². The average Bonchev–Trinajstić information content (AvgIpc) is 2.17. The first kappa shape index (κ1) is 9.96. The number of hydrogen-bond donors (Lipinski definition) is 2. The Bertz CT molecular complexity index is 122. The Hall–Kier alpha value is -0.120. The summed E-state index contributed by atoms with van der Waals surface area (Å²) in [6, 6.07) is 0.254. The van der Waals surface area contributed by atoms with Crippen LogP contribution in [0.25, 0.3) is 0 Å². The van der Waals surface area contributed by atoms with Gasteiger partial charge in [-0.25, -0.2) is 5.48 Å². The molecule has 0 amide bonds. The van der Waals surface area contributed by atoms with Crippen molar-refractivity contribution >= 4 is 0 Å². The van der Waals surface area contributed by atoms with Crippen molar-refractivity contribution in [3.63, 3.8) is 0 Å². The van der Waals surface area contributed by atoms with Crippen molar-refractivity contribution in [3.8, 4) is 0 Å². The quantitative estimate of drug-likeness (QED) is 0.625. The highest BCUT2D eigenvalue weighted by molar-refractivity contribution is 4.77. The first-order valence-corrected chi connectivity index (χ1v) is 4.90. The first-order chi connectivity index (χ1) is 5.77. The third-order valence-corrected chi connectivity index (χ3v) is 2.99. The molecule has 0 saturated carbocycles. The zero-order valence-corrected chi connectivity index (χ0v) is 8.08. The summed E-state index contributed by atoms with van der Waals surface area (Å²) in [6.45, 7) is 7.79. The fourth-order valence-electron chi connectivity index (χ4n) is 1.87. The summed E-state index contributed by atoms with van der Waals surface area (Å²) in [5, 5.41) is 8.75. The van der Waals surface area contributed by atoms with Crippen molar-refractivity contribution in [2.75, 3.05) is 19.6 Å². The standard InChI is InChI=1S/C9H20N2O/c1-3-11-6-4-9(5-7-11)8(2)10-12/h8-10,12H,3-7H2,1-2H3. The van der Waals surface area contributed by atoms with Crippen LogP contribution in [0.4, 0.5) is 0 Å².